The largest absolute Gasteiger partial charge is 0.479 e. The number of aliphatic carboxylic acids is 1. The maximum atomic E-state index is 11.5. The second-order valence-electron chi connectivity index (χ2n) is 4.22. The molecule has 1 aliphatic rings. The van der Waals surface area contributed by atoms with Crippen LogP contribution >= 0.6 is 0 Å². The molecule has 0 unspecified atom stereocenters. The third-order valence-corrected chi connectivity index (χ3v) is 2.84. The fourth-order valence-corrected chi connectivity index (χ4v) is 1.55. The molecule has 0 saturated heterocycles. The molecule has 1 aliphatic carbocycles. The summed E-state index contributed by atoms with van der Waals surface area (Å²) < 4.78 is 0. The van der Waals surface area contributed by atoms with Crippen molar-refractivity contribution < 1.29 is 19.8 Å². The summed E-state index contributed by atoms with van der Waals surface area (Å²) in [6.45, 7) is 0.429. The molecule has 0 spiro atoms. The highest BCUT2D eigenvalue weighted by atomic mass is 16.4. The molecule has 1 rings (SSSR count). The average molecular weight is 230 g/mol. The predicted octanol–water partition coefficient (Wildman–Crippen LogP) is -0.127. The molecule has 1 atom stereocenters. The Labute approximate surface area is 94.2 Å². The number of carbonyl (C=O) groups excluding carboxylic acids is 1. The summed E-state index contributed by atoms with van der Waals surface area (Å²) in [5, 5.41) is 19.7. The van der Waals surface area contributed by atoms with E-state index in [1.165, 1.54) is 11.3 Å². The Kier molecular flexibility index (Phi) is 4.54. The average Bonchev–Trinajstić information content (AvgIpc) is 2.18. The van der Waals surface area contributed by atoms with Crippen LogP contribution in [0.2, 0.25) is 0 Å². The molecule has 0 aromatic carbocycles. The Hall–Kier alpha value is -1.30. The summed E-state index contributed by atoms with van der Waals surface area (Å²) >= 11 is 0. The van der Waals surface area contributed by atoms with Gasteiger partial charge < -0.3 is 20.4 Å². The quantitative estimate of drug-likeness (QED) is 0.614. The molecule has 0 aromatic heterocycles. The lowest BCUT2D eigenvalue weighted by Gasteiger charge is -2.30. The van der Waals surface area contributed by atoms with Gasteiger partial charge in [0.2, 0.25) is 0 Å². The van der Waals surface area contributed by atoms with Gasteiger partial charge in [0.1, 0.15) is 0 Å². The van der Waals surface area contributed by atoms with Gasteiger partial charge in [0.15, 0.2) is 6.10 Å². The minimum Gasteiger partial charge on any atom is -0.479 e. The van der Waals surface area contributed by atoms with Crippen molar-refractivity contribution in [3.63, 3.8) is 0 Å². The van der Waals surface area contributed by atoms with Crippen LogP contribution in [0.15, 0.2) is 0 Å². The fourth-order valence-electron chi connectivity index (χ4n) is 1.55. The molecule has 0 aromatic rings. The standard InChI is InChI=1S/C10H18N2O4/c1-12(6-7-3-2-4-7)10(16)11-5-8(13)9(14)15/h7-8,13H,2-6H2,1H3,(H,11,16)(H,14,15)/t8-/m0/s1. The van der Waals surface area contributed by atoms with Crippen molar-refractivity contribution in [3.05, 3.63) is 0 Å². The number of carbonyl (C=O) groups is 2. The van der Waals surface area contributed by atoms with Gasteiger partial charge in [-0.25, -0.2) is 9.59 Å². The van der Waals surface area contributed by atoms with E-state index in [2.05, 4.69) is 5.32 Å². The molecule has 0 radical (unpaired) electrons. The van der Waals surface area contributed by atoms with Crippen LogP contribution in [-0.4, -0.2) is 53.4 Å². The van der Waals surface area contributed by atoms with Crippen LogP contribution in [0.5, 0.6) is 0 Å². The van der Waals surface area contributed by atoms with Crippen molar-refractivity contribution in [1.82, 2.24) is 10.2 Å². The van der Waals surface area contributed by atoms with E-state index in [-0.39, 0.29) is 12.6 Å². The van der Waals surface area contributed by atoms with Crippen molar-refractivity contribution in [3.8, 4) is 0 Å². The molecule has 3 N–H and O–H groups in total. The van der Waals surface area contributed by atoms with E-state index in [4.69, 9.17) is 10.2 Å². The monoisotopic (exact) mass is 230 g/mol. The van der Waals surface area contributed by atoms with Crippen molar-refractivity contribution >= 4 is 12.0 Å². The number of rotatable bonds is 5. The van der Waals surface area contributed by atoms with E-state index in [1.54, 1.807) is 7.05 Å². The number of aliphatic hydroxyl groups excluding tert-OH is 1. The predicted molar refractivity (Wildman–Crippen MR) is 57.0 cm³/mol. The van der Waals surface area contributed by atoms with Gasteiger partial charge in [-0.1, -0.05) is 6.42 Å². The van der Waals surface area contributed by atoms with Gasteiger partial charge in [-0.05, 0) is 18.8 Å². The van der Waals surface area contributed by atoms with E-state index >= 15 is 0 Å². The Morgan fingerprint density at radius 3 is 2.56 bits per heavy atom. The number of urea groups is 1. The van der Waals surface area contributed by atoms with Crippen LogP contribution in [-0.2, 0) is 4.79 Å². The van der Waals surface area contributed by atoms with Crippen molar-refractivity contribution in [1.29, 1.82) is 0 Å². The maximum Gasteiger partial charge on any atom is 0.334 e. The van der Waals surface area contributed by atoms with Gasteiger partial charge in [-0.15, -0.1) is 0 Å². The molecular formula is C10H18N2O4. The molecule has 0 aliphatic heterocycles. The third-order valence-electron chi connectivity index (χ3n) is 2.84. The molecule has 2 amide bonds. The van der Waals surface area contributed by atoms with E-state index in [0.29, 0.717) is 12.5 Å². The second-order valence-corrected chi connectivity index (χ2v) is 4.22. The number of hydrogen-bond acceptors (Lipinski definition) is 3. The van der Waals surface area contributed by atoms with Crippen LogP contribution in [0.3, 0.4) is 0 Å². The van der Waals surface area contributed by atoms with Gasteiger partial charge in [-0.2, -0.15) is 0 Å². The number of amides is 2. The van der Waals surface area contributed by atoms with Gasteiger partial charge in [0.05, 0.1) is 6.54 Å². The summed E-state index contributed by atoms with van der Waals surface area (Å²) in [6.07, 6.45) is 1.98. The SMILES string of the molecule is CN(CC1CCC1)C(=O)NC[C@H](O)C(=O)O. The van der Waals surface area contributed by atoms with E-state index < -0.39 is 12.1 Å². The normalized spacial score (nSPS) is 17.4. The Bertz CT molecular complexity index is 266. The minimum absolute atomic E-state index is 0.261. The topological polar surface area (TPSA) is 89.9 Å². The lowest BCUT2D eigenvalue weighted by molar-refractivity contribution is -0.146. The smallest absolute Gasteiger partial charge is 0.334 e. The first-order valence-electron chi connectivity index (χ1n) is 5.40. The highest BCUT2D eigenvalue weighted by Gasteiger charge is 2.22. The van der Waals surface area contributed by atoms with Crippen LogP contribution < -0.4 is 5.32 Å². The highest BCUT2D eigenvalue weighted by Crippen LogP contribution is 2.26. The number of nitrogens with one attached hydrogen (secondary N) is 1. The summed E-state index contributed by atoms with van der Waals surface area (Å²) in [7, 11) is 1.67. The van der Waals surface area contributed by atoms with Gasteiger partial charge in [0.25, 0.3) is 0 Å². The molecule has 6 heteroatoms. The Balaban J connectivity index is 2.20. The number of carboxylic acid groups (broad SMARTS) is 1. The fraction of sp³-hybridized carbons (Fsp3) is 0.800. The number of nitrogens with zero attached hydrogens (tertiary/aromatic N) is 1. The molecule has 0 heterocycles. The summed E-state index contributed by atoms with van der Waals surface area (Å²) in [4.78, 5) is 23.3. The van der Waals surface area contributed by atoms with E-state index in [9.17, 15) is 9.59 Å². The second kappa shape index (κ2) is 5.69. The Morgan fingerprint density at radius 2 is 2.12 bits per heavy atom. The van der Waals surface area contributed by atoms with E-state index in [0.717, 1.165) is 12.8 Å². The molecule has 1 saturated carbocycles. The zero-order valence-corrected chi connectivity index (χ0v) is 9.35. The van der Waals surface area contributed by atoms with Crippen molar-refractivity contribution in [2.45, 2.75) is 25.4 Å². The number of hydrogen-bond donors (Lipinski definition) is 3. The molecule has 0 bridgehead atoms. The Morgan fingerprint density at radius 1 is 1.50 bits per heavy atom. The third kappa shape index (κ3) is 3.69. The molecule has 1 fully saturated rings. The van der Waals surface area contributed by atoms with E-state index in [1.807, 2.05) is 0 Å². The minimum atomic E-state index is -1.54. The summed E-state index contributed by atoms with van der Waals surface area (Å²) in [6, 6.07) is -0.341. The first-order valence-corrected chi connectivity index (χ1v) is 5.40. The first-order chi connectivity index (χ1) is 7.50. The molecule has 92 valence electrons. The van der Waals surface area contributed by atoms with Crippen LogP contribution in [0, 0.1) is 5.92 Å². The van der Waals surface area contributed by atoms with Crippen molar-refractivity contribution in [2.24, 2.45) is 5.92 Å². The maximum absolute atomic E-state index is 11.5. The van der Waals surface area contributed by atoms with Crippen LogP contribution in [0.4, 0.5) is 4.79 Å². The van der Waals surface area contributed by atoms with Crippen LogP contribution in [0.25, 0.3) is 0 Å². The van der Waals surface area contributed by atoms with Gasteiger partial charge in [0, 0.05) is 13.6 Å². The van der Waals surface area contributed by atoms with Crippen LogP contribution in [0.1, 0.15) is 19.3 Å². The van der Waals surface area contributed by atoms with Gasteiger partial charge >= 0.3 is 12.0 Å². The lowest BCUT2D eigenvalue weighted by Crippen LogP contribution is -2.44. The first kappa shape index (κ1) is 12.8. The molecular weight excluding hydrogens is 212 g/mol. The molecule has 6 nitrogen and oxygen atoms in total. The van der Waals surface area contributed by atoms with Crippen molar-refractivity contribution in [2.75, 3.05) is 20.1 Å². The molecule has 16 heavy (non-hydrogen) atoms. The highest BCUT2D eigenvalue weighted by molar-refractivity contribution is 5.76. The van der Waals surface area contributed by atoms with Gasteiger partial charge in [-0.3, -0.25) is 0 Å². The number of carboxylic acids is 1. The number of aliphatic hydroxyl groups is 1. The lowest BCUT2D eigenvalue weighted by atomic mass is 9.85. The summed E-state index contributed by atoms with van der Waals surface area (Å²) in [5.74, 6) is -0.762. The zero-order chi connectivity index (χ0) is 12.1. The summed E-state index contributed by atoms with van der Waals surface area (Å²) in [5.41, 5.74) is 0. The zero-order valence-electron chi connectivity index (χ0n) is 9.35.